The summed E-state index contributed by atoms with van der Waals surface area (Å²) in [5.41, 5.74) is 3.41. The summed E-state index contributed by atoms with van der Waals surface area (Å²) in [7, 11) is 1.93. The molecule has 0 saturated heterocycles. The van der Waals surface area contributed by atoms with Crippen LogP contribution in [0.15, 0.2) is 65.2 Å². The summed E-state index contributed by atoms with van der Waals surface area (Å²) in [6, 6.07) is 7.79. The van der Waals surface area contributed by atoms with Crippen LogP contribution in [0.1, 0.15) is 18.9 Å². The van der Waals surface area contributed by atoms with Gasteiger partial charge in [-0.05, 0) is 55.2 Å². The summed E-state index contributed by atoms with van der Waals surface area (Å²) in [5, 5.41) is 12.0. The Balaban J connectivity index is 2.09. The van der Waals surface area contributed by atoms with Crippen molar-refractivity contribution in [2.45, 2.75) is 13.3 Å². The van der Waals surface area contributed by atoms with E-state index in [0.717, 1.165) is 28.7 Å². The zero-order chi connectivity index (χ0) is 18.2. The van der Waals surface area contributed by atoms with Crippen LogP contribution in [-0.2, 0) is 0 Å². The third kappa shape index (κ3) is 5.63. The number of aliphatic hydroxyl groups excluding tert-OH is 1. The maximum absolute atomic E-state index is 12.8. The van der Waals surface area contributed by atoms with Crippen molar-refractivity contribution in [2.75, 3.05) is 25.1 Å². The third-order valence-electron chi connectivity index (χ3n) is 3.60. The molecule has 1 aromatic rings. The second kappa shape index (κ2) is 8.86. The lowest BCUT2D eigenvalue weighted by Gasteiger charge is -2.17. The number of anilines is 1. The standard InChI is InChI=1S/C20H22FN3O/c1-15-4-8-18(23-20(15)22-14-16(2)21)9-5-17-6-10-19(11-7-17)24(3)12-13-25/h6-8,10-11,14,25H,1,4,12-13H2,2-3H3,(H,22,23)/b16-14+. The van der Waals surface area contributed by atoms with Crippen LogP contribution in [0.25, 0.3) is 0 Å². The zero-order valence-corrected chi connectivity index (χ0v) is 14.5. The fourth-order valence-electron chi connectivity index (χ4n) is 2.17. The number of hydrogen-bond acceptors (Lipinski definition) is 3. The second-order valence-corrected chi connectivity index (χ2v) is 5.69. The molecule has 2 N–H and O–H groups in total. The zero-order valence-electron chi connectivity index (χ0n) is 14.5. The number of hydrogen-bond donors (Lipinski definition) is 2. The number of aliphatic imine (C=N–C) groups is 1. The highest BCUT2D eigenvalue weighted by atomic mass is 19.1. The normalized spacial score (nSPS) is 16.0. The van der Waals surface area contributed by atoms with Crippen molar-refractivity contribution in [1.29, 1.82) is 0 Å². The first kappa shape index (κ1) is 18.5. The molecule has 2 rings (SSSR count). The van der Waals surface area contributed by atoms with E-state index in [0.29, 0.717) is 18.8 Å². The highest BCUT2D eigenvalue weighted by Gasteiger charge is 2.10. The minimum absolute atomic E-state index is 0.115. The van der Waals surface area contributed by atoms with Gasteiger partial charge in [-0.1, -0.05) is 12.5 Å². The molecule has 0 saturated carbocycles. The van der Waals surface area contributed by atoms with E-state index in [9.17, 15) is 4.39 Å². The minimum Gasteiger partial charge on any atom is -0.395 e. The smallest absolute Gasteiger partial charge is 0.133 e. The molecule has 5 heteroatoms. The van der Waals surface area contributed by atoms with Gasteiger partial charge in [0.05, 0.1) is 18.5 Å². The first-order valence-corrected chi connectivity index (χ1v) is 7.99. The Morgan fingerprint density at radius 2 is 2.12 bits per heavy atom. The van der Waals surface area contributed by atoms with Crippen LogP contribution in [0, 0.1) is 11.8 Å². The largest absolute Gasteiger partial charge is 0.395 e. The predicted molar refractivity (Wildman–Crippen MR) is 101 cm³/mol. The second-order valence-electron chi connectivity index (χ2n) is 5.69. The first-order chi connectivity index (χ1) is 12.0. The maximum Gasteiger partial charge on any atom is 0.133 e. The lowest BCUT2D eigenvalue weighted by atomic mass is 10.1. The Hall–Kier alpha value is -2.84. The summed E-state index contributed by atoms with van der Waals surface area (Å²) < 4.78 is 12.8. The molecule has 0 amide bonds. The monoisotopic (exact) mass is 339 g/mol. The van der Waals surface area contributed by atoms with Crippen molar-refractivity contribution in [3.05, 3.63) is 65.8 Å². The van der Waals surface area contributed by atoms with Gasteiger partial charge in [-0.3, -0.25) is 0 Å². The van der Waals surface area contributed by atoms with Gasteiger partial charge in [0.25, 0.3) is 0 Å². The van der Waals surface area contributed by atoms with Crippen molar-refractivity contribution in [3.8, 4) is 11.8 Å². The molecule has 1 heterocycles. The van der Waals surface area contributed by atoms with E-state index in [2.05, 4.69) is 28.7 Å². The summed E-state index contributed by atoms with van der Waals surface area (Å²) in [4.78, 5) is 6.02. The molecule has 1 aliphatic rings. The van der Waals surface area contributed by atoms with Crippen LogP contribution in [0.2, 0.25) is 0 Å². The van der Waals surface area contributed by atoms with Crippen molar-refractivity contribution >= 4 is 11.5 Å². The Labute approximate surface area is 148 Å². The molecular weight excluding hydrogens is 317 g/mol. The number of benzene rings is 1. The van der Waals surface area contributed by atoms with Gasteiger partial charge in [0, 0.05) is 24.8 Å². The molecular formula is C20H22FN3O. The lowest BCUT2D eigenvalue weighted by Crippen LogP contribution is -2.27. The molecule has 4 nitrogen and oxygen atoms in total. The van der Waals surface area contributed by atoms with Crippen LogP contribution in [0.4, 0.5) is 10.1 Å². The molecule has 0 spiro atoms. The molecule has 1 aromatic carbocycles. The van der Waals surface area contributed by atoms with Crippen molar-refractivity contribution in [1.82, 2.24) is 5.32 Å². The van der Waals surface area contributed by atoms with Gasteiger partial charge >= 0.3 is 0 Å². The van der Waals surface area contributed by atoms with Crippen molar-refractivity contribution < 1.29 is 9.50 Å². The average Bonchev–Trinajstić information content (AvgIpc) is 2.60. The van der Waals surface area contributed by atoms with Crippen LogP contribution >= 0.6 is 0 Å². The number of halogens is 1. The average molecular weight is 339 g/mol. The molecule has 0 atom stereocenters. The lowest BCUT2D eigenvalue weighted by molar-refractivity contribution is 0.304. The molecule has 0 radical (unpaired) electrons. The number of aliphatic hydroxyl groups is 1. The molecule has 25 heavy (non-hydrogen) atoms. The molecule has 0 unspecified atom stereocenters. The van der Waals surface area contributed by atoms with E-state index in [4.69, 9.17) is 5.11 Å². The molecule has 0 aliphatic carbocycles. The number of rotatable bonds is 4. The Morgan fingerprint density at radius 3 is 2.76 bits per heavy atom. The summed E-state index contributed by atoms with van der Waals surface area (Å²) in [6.07, 6.45) is 3.72. The number of likely N-dealkylation sites (N-methyl/N-ethyl adjacent to an activating group) is 1. The predicted octanol–water partition coefficient (Wildman–Crippen LogP) is 3.13. The van der Waals surface area contributed by atoms with Crippen molar-refractivity contribution in [3.63, 3.8) is 0 Å². The highest BCUT2D eigenvalue weighted by molar-refractivity contribution is 6.00. The van der Waals surface area contributed by atoms with Crippen LogP contribution in [0.3, 0.4) is 0 Å². The Morgan fingerprint density at radius 1 is 1.40 bits per heavy atom. The highest BCUT2D eigenvalue weighted by Crippen LogP contribution is 2.14. The quantitative estimate of drug-likeness (QED) is 0.829. The molecule has 0 bridgehead atoms. The number of allylic oxidation sites excluding steroid dienone is 3. The fourth-order valence-corrected chi connectivity index (χ4v) is 2.17. The first-order valence-electron chi connectivity index (χ1n) is 7.99. The van der Waals surface area contributed by atoms with Crippen LogP contribution in [-0.4, -0.2) is 31.1 Å². The van der Waals surface area contributed by atoms with Crippen LogP contribution in [0.5, 0.6) is 0 Å². The summed E-state index contributed by atoms with van der Waals surface area (Å²) >= 11 is 0. The SMILES string of the molecule is C=C1CC=C(C#Cc2ccc(N(C)CCO)cc2)NC1=N/C=C(\C)F. The van der Waals surface area contributed by atoms with Gasteiger partial charge in [0.15, 0.2) is 0 Å². The Kier molecular flexibility index (Phi) is 6.55. The fraction of sp³-hybridized carbons (Fsp3) is 0.250. The van der Waals surface area contributed by atoms with E-state index >= 15 is 0 Å². The van der Waals surface area contributed by atoms with E-state index in [-0.39, 0.29) is 12.4 Å². The number of nitrogens with zero attached hydrogens (tertiary/aromatic N) is 2. The molecule has 0 fully saturated rings. The van der Waals surface area contributed by atoms with Gasteiger partial charge < -0.3 is 15.3 Å². The molecule has 130 valence electrons. The van der Waals surface area contributed by atoms with Crippen LogP contribution < -0.4 is 10.2 Å². The summed E-state index contributed by atoms with van der Waals surface area (Å²) in [6.45, 7) is 5.95. The van der Waals surface area contributed by atoms with E-state index < -0.39 is 0 Å². The van der Waals surface area contributed by atoms with E-state index in [1.165, 1.54) is 6.92 Å². The number of nitrogens with one attached hydrogen (secondary N) is 1. The third-order valence-corrected chi connectivity index (χ3v) is 3.60. The van der Waals surface area contributed by atoms with E-state index in [1.807, 2.05) is 42.3 Å². The minimum atomic E-state index is -0.365. The van der Waals surface area contributed by atoms with Gasteiger partial charge in [-0.15, -0.1) is 0 Å². The maximum atomic E-state index is 12.8. The van der Waals surface area contributed by atoms with Gasteiger partial charge in [-0.2, -0.15) is 0 Å². The van der Waals surface area contributed by atoms with Gasteiger partial charge in [-0.25, -0.2) is 9.38 Å². The molecule has 1 aliphatic heterocycles. The Bertz CT molecular complexity index is 775. The number of amidine groups is 1. The van der Waals surface area contributed by atoms with Crippen molar-refractivity contribution in [2.24, 2.45) is 4.99 Å². The van der Waals surface area contributed by atoms with E-state index in [1.54, 1.807) is 0 Å². The van der Waals surface area contributed by atoms with Gasteiger partial charge in [0.2, 0.25) is 0 Å². The topological polar surface area (TPSA) is 47.9 Å². The summed E-state index contributed by atoms with van der Waals surface area (Å²) in [5.74, 6) is 6.32. The molecule has 0 aromatic heterocycles. The van der Waals surface area contributed by atoms with Gasteiger partial charge in [0.1, 0.15) is 11.7 Å².